The van der Waals surface area contributed by atoms with Crippen molar-refractivity contribution in [3.63, 3.8) is 0 Å². The molecule has 3 aromatic heterocycles. The van der Waals surface area contributed by atoms with E-state index in [0.717, 1.165) is 40.0 Å². The zero-order valence-electron chi connectivity index (χ0n) is 18.9. The summed E-state index contributed by atoms with van der Waals surface area (Å²) in [7, 11) is -1.37. The van der Waals surface area contributed by atoms with Gasteiger partial charge in [-0.15, -0.1) is 0 Å². The first kappa shape index (κ1) is 21.9. The quantitative estimate of drug-likeness (QED) is 0.348. The normalized spacial score (nSPS) is 12.2. The monoisotopic (exact) mass is 468 g/mol. The van der Waals surface area contributed by atoms with Gasteiger partial charge in [-0.25, -0.2) is 9.19 Å². The summed E-state index contributed by atoms with van der Waals surface area (Å²) in [5, 5.41) is 4.44. The molecule has 0 amide bonds. The number of nitrogens with zero attached hydrogens (tertiary/aromatic N) is 5. The molecule has 3 heterocycles. The second-order valence-corrected chi connectivity index (χ2v) is 9.66. The van der Waals surface area contributed by atoms with Crippen molar-refractivity contribution in [1.29, 1.82) is 0 Å². The van der Waals surface area contributed by atoms with Crippen LogP contribution in [-0.2, 0) is 17.5 Å². The second kappa shape index (κ2) is 9.52. The molecule has 7 nitrogen and oxygen atoms in total. The molecule has 5 rings (SSSR count). The molecule has 0 aliphatic heterocycles. The molecule has 1 atom stereocenters. The Morgan fingerprint density at radius 2 is 1.76 bits per heavy atom. The van der Waals surface area contributed by atoms with E-state index < -0.39 is 11.0 Å². The van der Waals surface area contributed by atoms with Crippen molar-refractivity contribution in [2.24, 2.45) is 5.92 Å². The third kappa shape index (κ3) is 4.87. The van der Waals surface area contributed by atoms with E-state index in [2.05, 4.69) is 33.6 Å². The van der Waals surface area contributed by atoms with Crippen LogP contribution >= 0.6 is 0 Å². The van der Waals surface area contributed by atoms with Gasteiger partial charge in [0.1, 0.15) is 11.0 Å². The van der Waals surface area contributed by atoms with Crippen molar-refractivity contribution in [3.8, 4) is 22.4 Å². The fourth-order valence-electron chi connectivity index (χ4n) is 3.66. The SMILES string of the molecule is CC(C)Cn1cc(-c2cnc3ccc(-c4cncc(NS(=O)c5ccccc5)c4)cc3n2)cn1. The Labute approximate surface area is 200 Å². The van der Waals surface area contributed by atoms with E-state index in [0.29, 0.717) is 16.5 Å². The molecule has 0 spiro atoms. The molecule has 2 aromatic carbocycles. The highest BCUT2D eigenvalue weighted by molar-refractivity contribution is 7.86. The number of nitrogens with one attached hydrogen (secondary N) is 1. The maximum atomic E-state index is 12.6. The minimum absolute atomic E-state index is 0.516. The predicted octanol–water partition coefficient (Wildman–Crippen LogP) is 5.35. The van der Waals surface area contributed by atoms with Gasteiger partial charge in [-0.1, -0.05) is 38.1 Å². The number of aromatic nitrogens is 5. The van der Waals surface area contributed by atoms with E-state index in [1.807, 2.05) is 71.7 Å². The lowest BCUT2D eigenvalue weighted by Gasteiger charge is -2.09. The minimum atomic E-state index is -1.37. The average Bonchev–Trinajstić information content (AvgIpc) is 3.32. The highest BCUT2D eigenvalue weighted by atomic mass is 32.2. The van der Waals surface area contributed by atoms with E-state index >= 15 is 0 Å². The van der Waals surface area contributed by atoms with Crippen LogP contribution in [0, 0.1) is 5.92 Å². The van der Waals surface area contributed by atoms with Gasteiger partial charge in [-0.05, 0) is 41.8 Å². The molecule has 5 aromatic rings. The van der Waals surface area contributed by atoms with Gasteiger partial charge in [-0.3, -0.25) is 19.4 Å². The van der Waals surface area contributed by atoms with E-state index in [4.69, 9.17) is 4.98 Å². The molecule has 0 aliphatic rings. The molecule has 0 fully saturated rings. The van der Waals surface area contributed by atoms with Gasteiger partial charge < -0.3 is 0 Å². The first-order valence-corrected chi connectivity index (χ1v) is 12.2. The average molecular weight is 469 g/mol. The largest absolute Gasteiger partial charge is 0.300 e. The van der Waals surface area contributed by atoms with Gasteiger partial charge >= 0.3 is 0 Å². The lowest BCUT2D eigenvalue weighted by molar-refractivity contribution is 0.483. The summed E-state index contributed by atoms with van der Waals surface area (Å²) in [6.07, 6.45) is 9.06. The van der Waals surface area contributed by atoms with Crippen LogP contribution < -0.4 is 4.72 Å². The summed E-state index contributed by atoms with van der Waals surface area (Å²) in [5.41, 5.74) is 5.86. The molecule has 8 heteroatoms. The summed E-state index contributed by atoms with van der Waals surface area (Å²) in [6.45, 7) is 5.19. The topological polar surface area (TPSA) is 85.6 Å². The number of benzene rings is 2. The lowest BCUT2D eigenvalue weighted by Crippen LogP contribution is -2.04. The highest BCUT2D eigenvalue weighted by Gasteiger charge is 2.09. The molecule has 34 heavy (non-hydrogen) atoms. The number of hydrogen-bond acceptors (Lipinski definition) is 5. The van der Waals surface area contributed by atoms with Crippen molar-refractivity contribution in [1.82, 2.24) is 24.7 Å². The number of pyridine rings is 1. The Kier molecular flexibility index (Phi) is 6.14. The first-order chi connectivity index (χ1) is 16.5. The van der Waals surface area contributed by atoms with E-state index in [1.54, 1.807) is 18.6 Å². The van der Waals surface area contributed by atoms with Crippen LogP contribution in [0.15, 0.2) is 90.5 Å². The van der Waals surface area contributed by atoms with Gasteiger partial charge in [0.25, 0.3) is 0 Å². The predicted molar refractivity (Wildman–Crippen MR) is 135 cm³/mol. The number of fused-ring (bicyclic) bond motifs is 1. The third-order valence-electron chi connectivity index (χ3n) is 5.26. The van der Waals surface area contributed by atoms with Crippen molar-refractivity contribution < 1.29 is 4.21 Å². The zero-order valence-corrected chi connectivity index (χ0v) is 19.7. The lowest BCUT2D eigenvalue weighted by atomic mass is 10.1. The summed E-state index contributed by atoms with van der Waals surface area (Å²) >= 11 is 0. The summed E-state index contributed by atoms with van der Waals surface area (Å²) < 4.78 is 17.6. The zero-order chi connectivity index (χ0) is 23.5. The smallest absolute Gasteiger partial charge is 0.150 e. The molecule has 0 radical (unpaired) electrons. The van der Waals surface area contributed by atoms with Gasteiger partial charge in [0.05, 0.1) is 45.9 Å². The van der Waals surface area contributed by atoms with Crippen molar-refractivity contribution in [2.45, 2.75) is 25.3 Å². The molecular weight excluding hydrogens is 444 g/mol. The Balaban J connectivity index is 1.42. The van der Waals surface area contributed by atoms with Crippen molar-refractivity contribution >= 4 is 27.7 Å². The second-order valence-electron chi connectivity index (χ2n) is 8.45. The van der Waals surface area contributed by atoms with E-state index in [-0.39, 0.29) is 0 Å². The van der Waals surface area contributed by atoms with Crippen LogP contribution in [0.2, 0.25) is 0 Å². The number of hydrogen-bond donors (Lipinski definition) is 1. The molecule has 170 valence electrons. The van der Waals surface area contributed by atoms with Crippen LogP contribution in [0.5, 0.6) is 0 Å². The van der Waals surface area contributed by atoms with Gasteiger partial charge in [0, 0.05) is 30.1 Å². The Bertz CT molecular complexity index is 1460. The number of rotatable bonds is 7. The van der Waals surface area contributed by atoms with E-state index in [1.165, 1.54) is 0 Å². The molecule has 0 saturated carbocycles. The van der Waals surface area contributed by atoms with Crippen LogP contribution in [-0.4, -0.2) is 28.9 Å². The van der Waals surface area contributed by atoms with Crippen LogP contribution in [0.3, 0.4) is 0 Å². The minimum Gasteiger partial charge on any atom is -0.300 e. The van der Waals surface area contributed by atoms with Crippen LogP contribution in [0.4, 0.5) is 5.69 Å². The number of anilines is 1. The molecular formula is C26H24N6OS. The van der Waals surface area contributed by atoms with Crippen molar-refractivity contribution in [2.75, 3.05) is 4.72 Å². The Hall–Kier alpha value is -3.91. The van der Waals surface area contributed by atoms with Gasteiger partial charge in [0.15, 0.2) is 0 Å². The summed E-state index contributed by atoms with van der Waals surface area (Å²) in [4.78, 5) is 14.5. The molecule has 0 aliphatic carbocycles. The molecule has 1 N–H and O–H groups in total. The fourth-order valence-corrected chi connectivity index (χ4v) is 4.51. The van der Waals surface area contributed by atoms with E-state index in [9.17, 15) is 4.21 Å². The standard InChI is InChI=1S/C26H24N6OS/c1-18(2)16-32-17-21(13-29-32)26-15-28-24-9-8-19(11-25(24)30-26)20-10-22(14-27-12-20)31-34(33)23-6-4-3-5-7-23/h3-15,17-18,31H,16H2,1-2H3. The molecule has 0 bridgehead atoms. The van der Waals surface area contributed by atoms with Crippen LogP contribution in [0.1, 0.15) is 13.8 Å². The Morgan fingerprint density at radius 3 is 2.59 bits per heavy atom. The Morgan fingerprint density at radius 1 is 0.912 bits per heavy atom. The van der Waals surface area contributed by atoms with Gasteiger partial charge in [-0.2, -0.15) is 5.10 Å². The summed E-state index contributed by atoms with van der Waals surface area (Å²) in [6, 6.07) is 17.2. The highest BCUT2D eigenvalue weighted by Crippen LogP contribution is 2.26. The van der Waals surface area contributed by atoms with Crippen molar-refractivity contribution in [3.05, 3.63) is 85.6 Å². The summed E-state index contributed by atoms with van der Waals surface area (Å²) in [5.74, 6) is 0.516. The van der Waals surface area contributed by atoms with Crippen LogP contribution in [0.25, 0.3) is 33.4 Å². The molecule has 1 unspecified atom stereocenters. The molecule has 0 saturated heterocycles. The van der Waals surface area contributed by atoms with Gasteiger partial charge in [0.2, 0.25) is 0 Å². The maximum Gasteiger partial charge on any atom is 0.150 e. The third-order valence-corrected chi connectivity index (χ3v) is 6.38. The fraction of sp³-hybridized carbons (Fsp3) is 0.154. The first-order valence-electron chi connectivity index (χ1n) is 11.0. The maximum absolute atomic E-state index is 12.6.